The number of para-hydroxylation sites is 3. The van der Waals surface area contributed by atoms with E-state index < -0.39 is 0 Å². The smallest absolute Gasteiger partial charge is 0.0541 e. The van der Waals surface area contributed by atoms with Crippen molar-refractivity contribution in [3.8, 4) is 16.8 Å². The maximum Gasteiger partial charge on any atom is 0.0541 e. The van der Waals surface area contributed by atoms with Gasteiger partial charge >= 0.3 is 0 Å². The topological polar surface area (TPSA) is 8.17 Å². The van der Waals surface area contributed by atoms with Crippen molar-refractivity contribution in [2.45, 2.75) is 0 Å². The predicted molar refractivity (Wildman–Crippen MR) is 178 cm³/mol. The summed E-state index contributed by atoms with van der Waals surface area (Å²) in [5.74, 6) is 0. The molecule has 0 aliphatic rings. The number of benzene rings is 7. The Kier molecular flexibility index (Phi) is 5.82. The van der Waals surface area contributed by atoms with Gasteiger partial charge in [0.25, 0.3) is 0 Å². The molecule has 0 aliphatic carbocycles. The second-order valence-corrected chi connectivity index (χ2v) is 10.6. The summed E-state index contributed by atoms with van der Waals surface area (Å²) in [5.41, 5.74) is 9.41. The number of hydrogen-bond acceptors (Lipinski definition) is 1. The van der Waals surface area contributed by atoms with Gasteiger partial charge in [-0.2, -0.15) is 0 Å². The fourth-order valence-electron chi connectivity index (χ4n) is 6.24. The number of nitrogens with zero attached hydrogens (tertiary/aromatic N) is 2. The third-order valence-electron chi connectivity index (χ3n) is 8.17. The first-order valence-corrected chi connectivity index (χ1v) is 14.4. The van der Waals surface area contributed by atoms with Gasteiger partial charge in [0.1, 0.15) is 0 Å². The molecule has 7 aromatic carbocycles. The highest BCUT2D eigenvalue weighted by Crippen LogP contribution is 2.39. The van der Waals surface area contributed by atoms with E-state index in [1.54, 1.807) is 0 Å². The van der Waals surface area contributed by atoms with Gasteiger partial charge in [0, 0.05) is 33.2 Å². The maximum atomic E-state index is 2.38. The minimum Gasteiger partial charge on any atom is -0.310 e. The van der Waals surface area contributed by atoms with Gasteiger partial charge in [0.2, 0.25) is 0 Å². The molecule has 1 aromatic heterocycles. The SMILES string of the molecule is c1ccc(N(c2ccc(-c3cccc(-n4c5ccccc5c5ccccc54)c3)cc2)c2cccc3ccccc23)cc1. The molecule has 0 saturated heterocycles. The molecule has 2 nitrogen and oxygen atoms in total. The quantitative estimate of drug-likeness (QED) is 0.212. The van der Waals surface area contributed by atoms with Crippen LogP contribution in [0.3, 0.4) is 0 Å². The molecule has 42 heavy (non-hydrogen) atoms. The second-order valence-electron chi connectivity index (χ2n) is 10.6. The zero-order valence-corrected chi connectivity index (χ0v) is 23.1. The van der Waals surface area contributed by atoms with Gasteiger partial charge in [-0.1, -0.05) is 115 Å². The molecule has 2 heteroatoms. The Morgan fingerprint density at radius 3 is 1.69 bits per heavy atom. The molecule has 0 radical (unpaired) electrons. The molecule has 1 heterocycles. The van der Waals surface area contributed by atoms with Crippen molar-refractivity contribution in [1.29, 1.82) is 0 Å². The van der Waals surface area contributed by atoms with Gasteiger partial charge in [0.15, 0.2) is 0 Å². The first kappa shape index (κ1) is 24.2. The van der Waals surface area contributed by atoms with Crippen LogP contribution in [0.5, 0.6) is 0 Å². The molecule has 0 spiro atoms. The Labute approximate surface area is 245 Å². The predicted octanol–water partition coefficient (Wildman–Crippen LogP) is 11.1. The molecule has 0 aliphatic heterocycles. The Hall–Kier alpha value is -5.60. The average Bonchev–Trinajstić information content (AvgIpc) is 3.40. The summed E-state index contributed by atoms with van der Waals surface area (Å²) in [4.78, 5) is 2.35. The molecule has 0 N–H and O–H groups in total. The number of hydrogen-bond donors (Lipinski definition) is 0. The summed E-state index contributed by atoms with van der Waals surface area (Å²) >= 11 is 0. The monoisotopic (exact) mass is 536 g/mol. The van der Waals surface area contributed by atoms with Crippen LogP contribution >= 0.6 is 0 Å². The van der Waals surface area contributed by atoms with Gasteiger partial charge < -0.3 is 9.47 Å². The summed E-state index contributed by atoms with van der Waals surface area (Å²) < 4.78 is 2.38. The fraction of sp³-hybridized carbons (Fsp3) is 0. The van der Waals surface area contributed by atoms with Gasteiger partial charge in [-0.05, 0) is 71.1 Å². The molecule has 0 atom stereocenters. The van der Waals surface area contributed by atoms with Crippen LogP contribution in [0.4, 0.5) is 17.1 Å². The first-order valence-electron chi connectivity index (χ1n) is 14.4. The number of anilines is 3. The summed E-state index contributed by atoms with van der Waals surface area (Å²) in [5, 5.41) is 5.01. The highest BCUT2D eigenvalue weighted by Gasteiger charge is 2.16. The van der Waals surface area contributed by atoms with Gasteiger partial charge in [-0.15, -0.1) is 0 Å². The zero-order chi connectivity index (χ0) is 27.9. The Morgan fingerprint density at radius 1 is 0.381 bits per heavy atom. The molecule has 8 rings (SSSR count). The third-order valence-corrected chi connectivity index (χ3v) is 8.17. The van der Waals surface area contributed by atoms with E-state index in [2.05, 4.69) is 179 Å². The molecular weight excluding hydrogens is 508 g/mol. The Balaban J connectivity index is 1.22. The number of fused-ring (bicyclic) bond motifs is 4. The molecule has 0 fully saturated rings. The van der Waals surface area contributed by atoms with E-state index in [0.717, 1.165) is 17.1 Å². The number of aromatic nitrogens is 1. The second kappa shape index (κ2) is 10.1. The standard InChI is InChI=1S/C40H28N2/c1-2-15-32(16-3-1)41(38-23-11-13-30-12-4-5-18-35(30)38)33-26-24-29(25-27-33)31-14-10-17-34(28-31)42-39-21-8-6-19-36(39)37-20-7-9-22-40(37)42/h1-28H. The molecule has 0 unspecified atom stereocenters. The van der Waals surface area contributed by atoms with Gasteiger partial charge in [-0.3, -0.25) is 0 Å². The van der Waals surface area contributed by atoms with Crippen LogP contribution in [0.1, 0.15) is 0 Å². The Morgan fingerprint density at radius 2 is 0.952 bits per heavy atom. The summed E-state index contributed by atoms with van der Waals surface area (Å²) in [6.45, 7) is 0. The molecular formula is C40H28N2. The highest BCUT2D eigenvalue weighted by molar-refractivity contribution is 6.09. The van der Waals surface area contributed by atoms with Crippen LogP contribution in [0.2, 0.25) is 0 Å². The van der Waals surface area contributed by atoms with Crippen LogP contribution in [0.15, 0.2) is 170 Å². The minimum absolute atomic E-state index is 1.12. The Bertz CT molecular complexity index is 2130. The van der Waals surface area contributed by atoms with Crippen molar-refractivity contribution in [2.24, 2.45) is 0 Å². The van der Waals surface area contributed by atoms with Crippen LogP contribution in [0, 0.1) is 0 Å². The van der Waals surface area contributed by atoms with Gasteiger partial charge in [-0.25, -0.2) is 0 Å². The lowest BCUT2D eigenvalue weighted by Gasteiger charge is -2.27. The van der Waals surface area contributed by atoms with E-state index in [1.165, 1.54) is 49.4 Å². The van der Waals surface area contributed by atoms with E-state index in [9.17, 15) is 0 Å². The lowest BCUT2D eigenvalue weighted by molar-refractivity contribution is 1.18. The molecule has 0 bridgehead atoms. The van der Waals surface area contributed by atoms with E-state index in [-0.39, 0.29) is 0 Å². The summed E-state index contributed by atoms with van der Waals surface area (Å²) in [6.07, 6.45) is 0. The van der Waals surface area contributed by atoms with E-state index >= 15 is 0 Å². The van der Waals surface area contributed by atoms with E-state index in [0.29, 0.717) is 0 Å². The third kappa shape index (κ3) is 4.05. The minimum atomic E-state index is 1.12. The van der Waals surface area contributed by atoms with Crippen molar-refractivity contribution in [3.05, 3.63) is 170 Å². The first-order chi connectivity index (χ1) is 20.8. The zero-order valence-electron chi connectivity index (χ0n) is 23.1. The van der Waals surface area contributed by atoms with Crippen LogP contribution in [-0.2, 0) is 0 Å². The summed E-state index contributed by atoms with van der Waals surface area (Å²) in [7, 11) is 0. The van der Waals surface area contributed by atoms with Crippen molar-refractivity contribution in [2.75, 3.05) is 4.90 Å². The largest absolute Gasteiger partial charge is 0.310 e. The molecule has 0 amide bonds. The van der Waals surface area contributed by atoms with Crippen molar-refractivity contribution < 1.29 is 0 Å². The number of rotatable bonds is 5. The average molecular weight is 537 g/mol. The highest BCUT2D eigenvalue weighted by atomic mass is 15.1. The van der Waals surface area contributed by atoms with Crippen LogP contribution in [0.25, 0.3) is 49.4 Å². The lowest BCUT2D eigenvalue weighted by atomic mass is 10.0. The van der Waals surface area contributed by atoms with Crippen LogP contribution in [-0.4, -0.2) is 4.57 Å². The van der Waals surface area contributed by atoms with Crippen molar-refractivity contribution in [3.63, 3.8) is 0 Å². The molecule has 0 saturated carbocycles. The maximum absolute atomic E-state index is 2.38. The van der Waals surface area contributed by atoms with Gasteiger partial charge in [0.05, 0.1) is 16.7 Å². The van der Waals surface area contributed by atoms with E-state index in [1.807, 2.05) is 0 Å². The van der Waals surface area contributed by atoms with Crippen molar-refractivity contribution >= 4 is 49.6 Å². The summed E-state index contributed by atoms with van der Waals surface area (Å²) in [6, 6.07) is 60.9. The van der Waals surface area contributed by atoms with Crippen LogP contribution < -0.4 is 4.90 Å². The van der Waals surface area contributed by atoms with Crippen molar-refractivity contribution in [1.82, 2.24) is 4.57 Å². The lowest BCUT2D eigenvalue weighted by Crippen LogP contribution is -2.10. The molecule has 8 aromatic rings. The normalized spacial score (nSPS) is 11.3. The fourth-order valence-corrected chi connectivity index (χ4v) is 6.24. The van der Waals surface area contributed by atoms with E-state index in [4.69, 9.17) is 0 Å². The molecule has 198 valence electrons.